The number of ketones is 1. The molecule has 0 amide bonds. The van der Waals surface area contributed by atoms with E-state index in [4.69, 9.17) is 13.9 Å². The standard InChI is InChI=1S/C22H23N5O4/c1-13(2)19(28)15-12-24-22(23-11-14-7-8-16(29-3)18(10-14)30-4)27-21(15)25-20(26-27)17-6-5-9-31-17/h5-10,12-13H,11H2,1-4H3,(H,23,24). The van der Waals surface area contributed by atoms with E-state index in [9.17, 15) is 4.79 Å². The van der Waals surface area contributed by atoms with Gasteiger partial charge in [-0.05, 0) is 29.8 Å². The second-order valence-electron chi connectivity index (χ2n) is 7.21. The number of carbonyl (C=O) groups excluding carboxylic acids is 1. The minimum Gasteiger partial charge on any atom is -0.493 e. The lowest BCUT2D eigenvalue weighted by molar-refractivity contribution is 0.0940. The zero-order valence-electron chi connectivity index (χ0n) is 17.7. The van der Waals surface area contributed by atoms with E-state index >= 15 is 0 Å². The molecular weight excluding hydrogens is 398 g/mol. The van der Waals surface area contributed by atoms with Crippen LogP contribution < -0.4 is 14.8 Å². The summed E-state index contributed by atoms with van der Waals surface area (Å²) in [5.74, 6) is 2.39. The van der Waals surface area contributed by atoms with Gasteiger partial charge in [0.15, 0.2) is 28.7 Å². The first kappa shape index (κ1) is 20.4. The molecule has 160 valence electrons. The lowest BCUT2D eigenvalue weighted by Crippen LogP contribution is -2.14. The van der Waals surface area contributed by atoms with Gasteiger partial charge in [0.1, 0.15) is 0 Å². The van der Waals surface area contributed by atoms with E-state index in [1.54, 1.807) is 32.6 Å². The minimum atomic E-state index is -0.195. The van der Waals surface area contributed by atoms with Crippen molar-refractivity contribution in [2.45, 2.75) is 20.4 Å². The van der Waals surface area contributed by atoms with Crippen LogP contribution in [0.25, 0.3) is 17.2 Å². The van der Waals surface area contributed by atoms with Gasteiger partial charge in [-0.2, -0.15) is 4.52 Å². The Kier molecular flexibility index (Phi) is 5.57. The van der Waals surface area contributed by atoms with Gasteiger partial charge >= 0.3 is 0 Å². The third-order valence-electron chi connectivity index (χ3n) is 4.79. The maximum Gasteiger partial charge on any atom is 0.226 e. The zero-order valence-corrected chi connectivity index (χ0v) is 17.7. The Morgan fingerprint density at radius 3 is 2.68 bits per heavy atom. The first-order valence-corrected chi connectivity index (χ1v) is 9.80. The summed E-state index contributed by atoms with van der Waals surface area (Å²) in [5, 5.41) is 7.78. The molecule has 0 saturated heterocycles. The number of fused-ring (bicyclic) bond motifs is 1. The number of nitrogens with one attached hydrogen (secondary N) is 1. The first-order chi connectivity index (χ1) is 15.0. The molecule has 0 radical (unpaired) electrons. The van der Waals surface area contributed by atoms with Crippen molar-refractivity contribution in [3.63, 3.8) is 0 Å². The lowest BCUT2D eigenvalue weighted by atomic mass is 10.0. The quantitative estimate of drug-likeness (QED) is 0.428. The van der Waals surface area contributed by atoms with Crippen molar-refractivity contribution >= 4 is 17.4 Å². The Labute approximate surface area is 179 Å². The summed E-state index contributed by atoms with van der Waals surface area (Å²) in [7, 11) is 3.19. The Morgan fingerprint density at radius 2 is 2.00 bits per heavy atom. The molecule has 31 heavy (non-hydrogen) atoms. The molecule has 0 aliphatic rings. The summed E-state index contributed by atoms with van der Waals surface area (Å²) < 4.78 is 17.6. The number of carbonyl (C=O) groups is 1. The summed E-state index contributed by atoms with van der Waals surface area (Å²) in [4.78, 5) is 21.7. The number of ether oxygens (including phenoxy) is 2. The topological polar surface area (TPSA) is 104 Å². The van der Waals surface area contributed by atoms with Gasteiger partial charge in [0.25, 0.3) is 0 Å². The molecule has 3 aromatic heterocycles. The molecule has 0 aliphatic heterocycles. The van der Waals surface area contributed by atoms with Gasteiger partial charge in [-0.25, -0.2) is 9.97 Å². The predicted molar refractivity (Wildman–Crippen MR) is 115 cm³/mol. The Bertz CT molecular complexity index is 1210. The van der Waals surface area contributed by atoms with E-state index < -0.39 is 0 Å². The molecule has 0 unspecified atom stereocenters. The smallest absolute Gasteiger partial charge is 0.226 e. The number of rotatable bonds is 8. The van der Waals surface area contributed by atoms with Crippen molar-refractivity contribution in [3.8, 4) is 23.1 Å². The summed E-state index contributed by atoms with van der Waals surface area (Å²) in [6.45, 7) is 4.13. The summed E-state index contributed by atoms with van der Waals surface area (Å²) in [6, 6.07) is 9.18. The van der Waals surface area contributed by atoms with E-state index in [-0.39, 0.29) is 11.7 Å². The minimum absolute atomic E-state index is 0.0534. The molecule has 0 spiro atoms. The summed E-state index contributed by atoms with van der Waals surface area (Å²) >= 11 is 0. The Balaban J connectivity index is 1.71. The maximum atomic E-state index is 12.7. The van der Waals surface area contributed by atoms with Gasteiger partial charge in [-0.15, -0.1) is 5.10 Å². The fourth-order valence-electron chi connectivity index (χ4n) is 3.16. The fraction of sp³-hybridized carbons (Fsp3) is 0.273. The van der Waals surface area contributed by atoms with Gasteiger partial charge < -0.3 is 19.2 Å². The molecule has 0 bridgehead atoms. The summed E-state index contributed by atoms with van der Waals surface area (Å²) in [6.07, 6.45) is 3.09. The van der Waals surface area contributed by atoms with Gasteiger partial charge in [0, 0.05) is 18.7 Å². The number of nitrogens with zero attached hydrogens (tertiary/aromatic N) is 4. The van der Waals surface area contributed by atoms with Crippen molar-refractivity contribution < 1.29 is 18.7 Å². The molecule has 0 aliphatic carbocycles. The molecule has 4 rings (SSSR count). The molecule has 4 aromatic rings. The van der Waals surface area contributed by atoms with Crippen LogP contribution in [0.1, 0.15) is 29.8 Å². The van der Waals surface area contributed by atoms with Gasteiger partial charge in [-0.1, -0.05) is 19.9 Å². The zero-order chi connectivity index (χ0) is 22.0. The highest BCUT2D eigenvalue weighted by Gasteiger charge is 2.21. The van der Waals surface area contributed by atoms with Crippen LogP contribution in [0, 0.1) is 5.92 Å². The number of aromatic nitrogens is 4. The molecule has 1 N–H and O–H groups in total. The van der Waals surface area contributed by atoms with Crippen LogP contribution in [0.4, 0.5) is 5.95 Å². The highest BCUT2D eigenvalue weighted by Crippen LogP contribution is 2.28. The van der Waals surface area contributed by atoms with E-state index in [0.29, 0.717) is 46.8 Å². The molecule has 9 nitrogen and oxygen atoms in total. The van der Waals surface area contributed by atoms with Gasteiger partial charge in [0.05, 0.1) is 26.0 Å². The number of benzene rings is 1. The van der Waals surface area contributed by atoms with Crippen molar-refractivity contribution in [1.82, 2.24) is 19.6 Å². The van der Waals surface area contributed by atoms with Crippen molar-refractivity contribution in [3.05, 3.63) is 53.9 Å². The average molecular weight is 421 g/mol. The average Bonchev–Trinajstić information content (AvgIpc) is 3.46. The monoisotopic (exact) mass is 421 g/mol. The van der Waals surface area contributed by atoms with Crippen LogP contribution in [-0.2, 0) is 6.54 Å². The normalized spacial score (nSPS) is 11.1. The lowest BCUT2D eigenvalue weighted by Gasteiger charge is -2.12. The van der Waals surface area contributed by atoms with Crippen LogP contribution in [0.15, 0.2) is 47.2 Å². The molecule has 1 aromatic carbocycles. The second-order valence-corrected chi connectivity index (χ2v) is 7.21. The third kappa shape index (κ3) is 3.94. The van der Waals surface area contributed by atoms with Gasteiger partial charge in [0.2, 0.25) is 11.8 Å². The van der Waals surface area contributed by atoms with Crippen LogP contribution >= 0.6 is 0 Å². The van der Waals surface area contributed by atoms with Crippen molar-refractivity contribution in [2.24, 2.45) is 5.92 Å². The van der Waals surface area contributed by atoms with E-state index in [1.165, 1.54) is 10.7 Å². The number of hydrogen-bond donors (Lipinski definition) is 1. The SMILES string of the molecule is COc1ccc(CNc2ncc(C(=O)C(C)C)c3nc(-c4ccco4)nn23)cc1OC. The largest absolute Gasteiger partial charge is 0.493 e. The molecule has 3 heterocycles. The third-order valence-corrected chi connectivity index (χ3v) is 4.79. The van der Waals surface area contributed by atoms with Gasteiger partial charge in [-0.3, -0.25) is 4.79 Å². The van der Waals surface area contributed by atoms with E-state index in [2.05, 4.69) is 20.4 Å². The first-order valence-electron chi connectivity index (χ1n) is 9.80. The fourth-order valence-corrected chi connectivity index (χ4v) is 3.16. The summed E-state index contributed by atoms with van der Waals surface area (Å²) in [5.41, 5.74) is 1.80. The van der Waals surface area contributed by atoms with Crippen LogP contribution in [0.3, 0.4) is 0 Å². The number of anilines is 1. The number of furan rings is 1. The van der Waals surface area contributed by atoms with Crippen LogP contribution in [0.5, 0.6) is 11.5 Å². The predicted octanol–water partition coefficient (Wildman–Crippen LogP) is 3.85. The highest BCUT2D eigenvalue weighted by molar-refractivity contribution is 6.02. The number of hydrogen-bond acceptors (Lipinski definition) is 8. The maximum absolute atomic E-state index is 12.7. The van der Waals surface area contributed by atoms with Crippen molar-refractivity contribution in [2.75, 3.05) is 19.5 Å². The van der Waals surface area contributed by atoms with Crippen LogP contribution in [-0.4, -0.2) is 39.6 Å². The molecule has 0 fully saturated rings. The van der Waals surface area contributed by atoms with E-state index in [1.807, 2.05) is 32.0 Å². The van der Waals surface area contributed by atoms with E-state index in [0.717, 1.165) is 5.56 Å². The molecular formula is C22H23N5O4. The highest BCUT2D eigenvalue weighted by atomic mass is 16.5. The second kappa shape index (κ2) is 8.47. The number of Topliss-reactive ketones (excluding diaryl/α,β-unsaturated/α-hetero) is 1. The molecule has 0 atom stereocenters. The van der Waals surface area contributed by atoms with Crippen LogP contribution in [0.2, 0.25) is 0 Å². The molecule has 0 saturated carbocycles. The Morgan fingerprint density at radius 1 is 1.19 bits per heavy atom. The molecule has 9 heteroatoms. The Hall–Kier alpha value is -3.88. The number of methoxy groups -OCH3 is 2. The van der Waals surface area contributed by atoms with Crippen molar-refractivity contribution in [1.29, 1.82) is 0 Å².